The van der Waals surface area contributed by atoms with E-state index in [2.05, 4.69) is 44.4 Å². The molecule has 0 unspecified atom stereocenters. The van der Waals surface area contributed by atoms with Gasteiger partial charge in [-0.15, -0.1) is 5.92 Å². The van der Waals surface area contributed by atoms with Gasteiger partial charge in [0.25, 0.3) is 0 Å². The van der Waals surface area contributed by atoms with Crippen LogP contribution in [-0.4, -0.2) is 44.3 Å². The van der Waals surface area contributed by atoms with Crippen molar-refractivity contribution >= 4 is 0 Å². The Balaban J connectivity index is 1.64. The molecule has 4 nitrogen and oxygen atoms in total. The molecule has 4 N–H and O–H groups in total. The van der Waals surface area contributed by atoms with Gasteiger partial charge in [-0.1, -0.05) is 57.9 Å². The maximum absolute atomic E-state index is 10.9. The van der Waals surface area contributed by atoms with Crippen molar-refractivity contribution in [3.8, 4) is 11.8 Å². The zero-order chi connectivity index (χ0) is 26.5. The molecule has 4 heteroatoms. The van der Waals surface area contributed by atoms with E-state index in [1.807, 2.05) is 13.8 Å². The van der Waals surface area contributed by atoms with Gasteiger partial charge in [0.1, 0.15) is 6.10 Å². The minimum Gasteiger partial charge on any atom is -0.393 e. The van der Waals surface area contributed by atoms with Crippen molar-refractivity contribution < 1.29 is 20.4 Å². The van der Waals surface area contributed by atoms with Crippen LogP contribution in [0.25, 0.3) is 0 Å². The maximum atomic E-state index is 10.9. The van der Waals surface area contributed by atoms with Gasteiger partial charge < -0.3 is 20.4 Å². The van der Waals surface area contributed by atoms with Gasteiger partial charge in [-0.25, -0.2) is 0 Å². The van der Waals surface area contributed by atoms with Crippen LogP contribution >= 0.6 is 0 Å². The van der Waals surface area contributed by atoms with Gasteiger partial charge in [0.05, 0.1) is 17.8 Å². The van der Waals surface area contributed by atoms with E-state index >= 15 is 0 Å². The zero-order valence-corrected chi connectivity index (χ0v) is 23.1. The van der Waals surface area contributed by atoms with E-state index in [1.165, 1.54) is 12.0 Å². The predicted octanol–water partition coefficient (Wildman–Crippen LogP) is 5.85. The Morgan fingerprint density at radius 3 is 2.61 bits per heavy atom. The van der Waals surface area contributed by atoms with Gasteiger partial charge in [0, 0.05) is 12.8 Å². The summed E-state index contributed by atoms with van der Waals surface area (Å²) in [5.74, 6) is 7.38. The zero-order valence-electron chi connectivity index (χ0n) is 23.1. The quantitative estimate of drug-likeness (QED) is 0.250. The number of hydrogen-bond donors (Lipinski definition) is 4. The smallest absolute Gasteiger partial charge is 0.117 e. The van der Waals surface area contributed by atoms with E-state index in [9.17, 15) is 20.4 Å². The van der Waals surface area contributed by atoms with Crippen LogP contribution in [0.5, 0.6) is 0 Å². The fourth-order valence-corrected chi connectivity index (χ4v) is 7.25. The summed E-state index contributed by atoms with van der Waals surface area (Å²) >= 11 is 0. The standard InChI is InChI=1S/C32H50O4/c1-6-32(36,7-2)19-10-8-9-13-29(34)23(4)27-16-17-28-24(12-11-18-31(27,28)5)14-15-25-20-26(33)21-30(35)22(25)3/h14-15,23,26-30,33-36H,3,6-8,10-12,16-21H2,1-2,4-5H3/b24-14+,25-15+/t23-,26+,27+,28-,29-,30-,31+/m0/s1. The van der Waals surface area contributed by atoms with Gasteiger partial charge in [-0.05, 0) is 98.5 Å². The summed E-state index contributed by atoms with van der Waals surface area (Å²) < 4.78 is 0. The molecule has 3 aliphatic carbocycles. The molecule has 3 aliphatic rings. The lowest BCUT2D eigenvalue weighted by Gasteiger charge is -2.44. The van der Waals surface area contributed by atoms with Crippen molar-refractivity contribution in [2.24, 2.45) is 23.2 Å². The van der Waals surface area contributed by atoms with Crippen molar-refractivity contribution in [3.63, 3.8) is 0 Å². The summed E-state index contributed by atoms with van der Waals surface area (Å²) in [7, 11) is 0. The highest BCUT2D eigenvalue weighted by molar-refractivity contribution is 5.38. The van der Waals surface area contributed by atoms with E-state index in [4.69, 9.17) is 0 Å². The topological polar surface area (TPSA) is 80.9 Å². The SMILES string of the molecule is C=C1/C(=C/C=C2\CCC[C@]3(C)[C@@H]([C@H](C)[C@@H](O)C#CCCCC(O)(CC)CC)CC[C@@H]23)C[C@@H](O)C[C@@H]1O. The average molecular weight is 499 g/mol. The van der Waals surface area contributed by atoms with Crippen LogP contribution in [0.1, 0.15) is 105 Å². The van der Waals surface area contributed by atoms with Gasteiger partial charge in [0.2, 0.25) is 0 Å². The molecule has 202 valence electrons. The molecule has 0 saturated heterocycles. The molecule has 0 bridgehead atoms. The highest BCUT2D eigenvalue weighted by Gasteiger charge is 2.51. The van der Waals surface area contributed by atoms with E-state index in [1.54, 1.807) is 0 Å². The second-order valence-corrected chi connectivity index (χ2v) is 12.1. The summed E-state index contributed by atoms with van der Waals surface area (Å²) in [4.78, 5) is 0. The minimum absolute atomic E-state index is 0.122. The van der Waals surface area contributed by atoms with Crippen molar-refractivity contribution in [3.05, 3.63) is 35.5 Å². The molecular weight excluding hydrogens is 448 g/mol. The number of aliphatic hydroxyl groups is 4. The van der Waals surface area contributed by atoms with Crippen molar-refractivity contribution in [1.29, 1.82) is 0 Å². The van der Waals surface area contributed by atoms with E-state index in [0.717, 1.165) is 62.5 Å². The lowest BCUT2D eigenvalue weighted by molar-refractivity contribution is 0.0221. The van der Waals surface area contributed by atoms with Crippen LogP contribution in [0.4, 0.5) is 0 Å². The molecule has 0 aromatic rings. The van der Waals surface area contributed by atoms with E-state index < -0.39 is 23.9 Å². The molecule has 3 fully saturated rings. The number of unbranched alkanes of at least 4 members (excludes halogenated alkanes) is 1. The number of aliphatic hydroxyl groups excluding tert-OH is 3. The Kier molecular flexibility index (Phi) is 10.1. The molecule has 3 saturated carbocycles. The van der Waals surface area contributed by atoms with Crippen LogP contribution in [0.15, 0.2) is 35.5 Å². The van der Waals surface area contributed by atoms with E-state index in [0.29, 0.717) is 31.1 Å². The summed E-state index contributed by atoms with van der Waals surface area (Å²) in [5, 5.41) is 41.7. The third kappa shape index (κ3) is 6.54. The molecule has 0 spiro atoms. The third-order valence-electron chi connectivity index (χ3n) is 9.94. The summed E-state index contributed by atoms with van der Waals surface area (Å²) in [6.07, 6.45) is 13.0. The number of allylic oxidation sites excluding steroid dienone is 3. The summed E-state index contributed by atoms with van der Waals surface area (Å²) in [6.45, 7) is 12.7. The van der Waals surface area contributed by atoms with Crippen LogP contribution in [0, 0.1) is 35.0 Å². The Morgan fingerprint density at radius 1 is 1.19 bits per heavy atom. The predicted molar refractivity (Wildman–Crippen MR) is 147 cm³/mol. The normalized spacial score (nSPS) is 34.8. The maximum Gasteiger partial charge on any atom is 0.117 e. The Morgan fingerprint density at radius 2 is 1.92 bits per heavy atom. The summed E-state index contributed by atoms with van der Waals surface area (Å²) in [6, 6.07) is 0. The largest absolute Gasteiger partial charge is 0.393 e. The first kappa shape index (κ1) is 29.2. The third-order valence-corrected chi connectivity index (χ3v) is 9.94. The van der Waals surface area contributed by atoms with E-state index in [-0.39, 0.29) is 11.3 Å². The highest BCUT2D eigenvalue weighted by Crippen LogP contribution is 2.59. The first-order valence-electron chi connectivity index (χ1n) is 14.4. The highest BCUT2D eigenvalue weighted by atomic mass is 16.3. The van der Waals surface area contributed by atoms with Crippen LogP contribution in [0.2, 0.25) is 0 Å². The fourth-order valence-electron chi connectivity index (χ4n) is 7.25. The molecule has 0 amide bonds. The first-order chi connectivity index (χ1) is 17.0. The molecule has 0 radical (unpaired) electrons. The van der Waals surface area contributed by atoms with Crippen molar-refractivity contribution in [2.45, 2.75) is 129 Å². The molecule has 0 aliphatic heterocycles. The van der Waals surface area contributed by atoms with Gasteiger partial charge in [-0.2, -0.15) is 0 Å². The van der Waals surface area contributed by atoms with Crippen molar-refractivity contribution in [2.75, 3.05) is 0 Å². The monoisotopic (exact) mass is 498 g/mol. The average Bonchev–Trinajstić information content (AvgIpc) is 3.21. The van der Waals surface area contributed by atoms with Crippen LogP contribution in [-0.2, 0) is 0 Å². The number of fused-ring (bicyclic) bond motifs is 1. The Bertz CT molecular complexity index is 886. The molecule has 7 atom stereocenters. The molecular formula is C32H50O4. The van der Waals surface area contributed by atoms with Crippen molar-refractivity contribution in [1.82, 2.24) is 0 Å². The fraction of sp³-hybridized carbons (Fsp3) is 0.750. The molecule has 0 heterocycles. The first-order valence-corrected chi connectivity index (χ1v) is 14.4. The van der Waals surface area contributed by atoms with Crippen LogP contribution < -0.4 is 0 Å². The minimum atomic E-state index is -0.654. The van der Waals surface area contributed by atoms with Gasteiger partial charge in [-0.3, -0.25) is 0 Å². The molecule has 36 heavy (non-hydrogen) atoms. The van der Waals surface area contributed by atoms with Crippen LogP contribution in [0.3, 0.4) is 0 Å². The Hall–Kier alpha value is -1.38. The number of rotatable bonds is 8. The van der Waals surface area contributed by atoms with Gasteiger partial charge in [0.15, 0.2) is 0 Å². The lowest BCUT2D eigenvalue weighted by Crippen LogP contribution is -2.39. The molecule has 0 aromatic carbocycles. The second-order valence-electron chi connectivity index (χ2n) is 12.1. The molecule has 0 aromatic heterocycles. The number of hydrogen-bond acceptors (Lipinski definition) is 4. The Labute approximate surface area is 219 Å². The summed E-state index contributed by atoms with van der Waals surface area (Å²) in [5.41, 5.74) is 2.75. The molecule has 3 rings (SSSR count). The second kappa shape index (κ2) is 12.4. The lowest BCUT2D eigenvalue weighted by atomic mass is 9.60. The van der Waals surface area contributed by atoms with Gasteiger partial charge >= 0.3 is 0 Å².